The second kappa shape index (κ2) is 3.93. The molecular weight excluding hydrogens is 178 g/mol. The van der Waals surface area contributed by atoms with Crippen LogP contribution in [0.3, 0.4) is 0 Å². The van der Waals surface area contributed by atoms with E-state index < -0.39 is 5.54 Å². The van der Waals surface area contributed by atoms with Gasteiger partial charge in [-0.2, -0.15) is 0 Å². The molecule has 0 aliphatic rings. The third kappa shape index (κ3) is 1.74. The number of benzene rings is 1. The number of nitroso groups, excluding NO2 is 1. The van der Waals surface area contributed by atoms with Gasteiger partial charge in [0.1, 0.15) is 5.75 Å². The van der Waals surface area contributed by atoms with Crippen LogP contribution in [0.4, 0.5) is 0 Å². The molecule has 0 saturated heterocycles. The zero-order chi connectivity index (χ0) is 10.6. The average Bonchev–Trinajstić information content (AvgIpc) is 2.28. The van der Waals surface area contributed by atoms with Gasteiger partial charge in [-0.15, -0.1) is 11.3 Å². The number of terminal acetylenes is 1. The number of hydrogen-bond donors (Lipinski definition) is 0. The van der Waals surface area contributed by atoms with E-state index in [0.29, 0.717) is 5.56 Å². The molecule has 0 bridgehead atoms. The number of nitrogens with zero attached hydrogens (tertiary/aromatic N) is 1. The van der Waals surface area contributed by atoms with E-state index in [1.807, 2.05) is 0 Å². The number of hydrogen-bond acceptors (Lipinski definition) is 3. The molecule has 1 rings (SSSR count). The lowest BCUT2D eigenvalue weighted by Crippen LogP contribution is -2.14. The minimum atomic E-state index is -1.09. The maximum Gasteiger partial charge on any atom is 0.184 e. The van der Waals surface area contributed by atoms with Crippen molar-refractivity contribution < 1.29 is 4.74 Å². The lowest BCUT2D eigenvalue weighted by Gasteiger charge is -2.14. The van der Waals surface area contributed by atoms with Gasteiger partial charge in [0.05, 0.1) is 7.11 Å². The molecule has 0 fully saturated rings. The highest BCUT2D eigenvalue weighted by molar-refractivity contribution is 5.36. The molecule has 0 saturated carbocycles. The molecule has 0 aromatic heterocycles. The molecular formula is C11H11NO2. The van der Waals surface area contributed by atoms with Crippen LogP contribution in [-0.4, -0.2) is 7.11 Å². The fraction of sp³-hybridized carbons (Fsp3) is 0.273. The molecule has 1 atom stereocenters. The van der Waals surface area contributed by atoms with Crippen molar-refractivity contribution >= 4 is 0 Å². The summed E-state index contributed by atoms with van der Waals surface area (Å²) in [6.45, 7) is 1.60. The maximum atomic E-state index is 10.6. The highest BCUT2D eigenvalue weighted by Gasteiger charge is 2.24. The average molecular weight is 189 g/mol. The highest BCUT2D eigenvalue weighted by atomic mass is 16.5. The summed E-state index contributed by atoms with van der Waals surface area (Å²) in [6, 6.07) is 6.96. The van der Waals surface area contributed by atoms with Crippen LogP contribution in [0.5, 0.6) is 5.75 Å². The third-order valence-corrected chi connectivity index (χ3v) is 2.12. The van der Waals surface area contributed by atoms with E-state index in [4.69, 9.17) is 11.2 Å². The van der Waals surface area contributed by atoms with Crippen LogP contribution in [0, 0.1) is 17.3 Å². The monoisotopic (exact) mass is 189 g/mol. The normalized spacial score (nSPS) is 13.8. The molecule has 0 spiro atoms. The molecule has 72 valence electrons. The predicted octanol–water partition coefficient (Wildman–Crippen LogP) is 2.31. The molecule has 0 N–H and O–H groups in total. The van der Waals surface area contributed by atoms with Crippen LogP contribution in [0.2, 0.25) is 0 Å². The lowest BCUT2D eigenvalue weighted by molar-refractivity contribution is 0.414. The Labute approximate surface area is 83.1 Å². The van der Waals surface area contributed by atoms with Crippen molar-refractivity contribution in [2.45, 2.75) is 12.5 Å². The van der Waals surface area contributed by atoms with Crippen LogP contribution in [0.15, 0.2) is 29.4 Å². The first-order valence-electron chi connectivity index (χ1n) is 4.13. The Bertz CT molecular complexity index is 364. The summed E-state index contributed by atoms with van der Waals surface area (Å²) >= 11 is 0. The number of rotatable bonds is 3. The zero-order valence-electron chi connectivity index (χ0n) is 8.15. The van der Waals surface area contributed by atoms with E-state index in [0.717, 1.165) is 5.75 Å². The Balaban J connectivity index is 3.09. The summed E-state index contributed by atoms with van der Waals surface area (Å²) in [4.78, 5) is 10.6. The van der Waals surface area contributed by atoms with Crippen LogP contribution >= 0.6 is 0 Å². The van der Waals surface area contributed by atoms with Crippen LogP contribution < -0.4 is 4.74 Å². The fourth-order valence-corrected chi connectivity index (χ4v) is 1.08. The Hall–Kier alpha value is -1.82. The minimum Gasteiger partial charge on any atom is -0.497 e. The summed E-state index contributed by atoms with van der Waals surface area (Å²) in [5, 5.41) is 2.94. The van der Waals surface area contributed by atoms with Gasteiger partial charge in [-0.1, -0.05) is 18.1 Å². The molecule has 3 heteroatoms. The standard InChI is InChI=1S/C11H11NO2/c1-4-11(2,12-13)9-5-7-10(14-3)8-6-9/h1,5-8H,2-3H3. The molecule has 0 amide bonds. The van der Waals surface area contributed by atoms with E-state index in [-0.39, 0.29) is 0 Å². The molecule has 1 aromatic rings. The van der Waals surface area contributed by atoms with Gasteiger partial charge in [0.25, 0.3) is 0 Å². The van der Waals surface area contributed by atoms with Gasteiger partial charge in [-0.05, 0) is 29.8 Å². The Kier molecular flexibility index (Phi) is 2.88. The molecule has 0 aliphatic heterocycles. The quantitative estimate of drug-likeness (QED) is 0.540. The van der Waals surface area contributed by atoms with Gasteiger partial charge in [0.2, 0.25) is 0 Å². The van der Waals surface area contributed by atoms with E-state index in [1.165, 1.54) is 0 Å². The second-order valence-corrected chi connectivity index (χ2v) is 3.04. The van der Waals surface area contributed by atoms with Crippen molar-refractivity contribution in [2.75, 3.05) is 7.11 Å². The summed E-state index contributed by atoms with van der Waals surface area (Å²) in [5.41, 5.74) is -0.400. The van der Waals surface area contributed by atoms with Crippen molar-refractivity contribution in [3.05, 3.63) is 34.7 Å². The van der Waals surface area contributed by atoms with E-state index in [2.05, 4.69) is 11.1 Å². The molecule has 0 heterocycles. The molecule has 1 aromatic carbocycles. The molecule has 14 heavy (non-hydrogen) atoms. The first-order chi connectivity index (χ1) is 6.66. The predicted molar refractivity (Wildman–Crippen MR) is 55.0 cm³/mol. The SMILES string of the molecule is C#CC(C)(N=O)c1ccc(OC)cc1. The number of methoxy groups -OCH3 is 1. The van der Waals surface area contributed by atoms with Crippen LogP contribution in [-0.2, 0) is 5.54 Å². The first-order valence-corrected chi connectivity index (χ1v) is 4.13. The second-order valence-electron chi connectivity index (χ2n) is 3.04. The summed E-state index contributed by atoms with van der Waals surface area (Å²) in [7, 11) is 1.58. The Morgan fingerprint density at radius 2 is 2.00 bits per heavy atom. The Morgan fingerprint density at radius 3 is 2.36 bits per heavy atom. The van der Waals surface area contributed by atoms with E-state index >= 15 is 0 Å². The summed E-state index contributed by atoms with van der Waals surface area (Å²) in [5.74, 6) is 3.08. The van der Waals surface area contributed by atoms with Crippen molar-refractivity contribution in [2.24, 2.45) is 5.18 Å². The summed E-state index contributed by atoms with van der Waals surface area (Å²) in [6.07, 6.45) is 5.25. The molecule has 3 nitrogen and oxygen atoms in total. The van der Waals surface area contributed by atoms with Crippen molar-refractivity contribution in [1.29, 1.82) is 0 Å². The lowest BCUT2D eigenvalue weighted by atomic mass is 9.94. The topological polar surface area (TPSA) is 38.7 Å². The summed E-state index contributed by atoms with van der Waals surface area (Å²) < 4.78 is 4.99. The van der Waals surface area contributed by atoms with Gasteiger partial charge in [0.15, 0.2) is 5.54 Å². The zero-order valence-corrected chi connectivity index (χ0v) is 8.15. The van der Waals surface area contributed by atoms with Crippen molar-refractivity contribution in [3.63, 3.8) is 0 Å². The van der Waals surface area contributed by atoms with Gasteiger partial charge >= 0.3 is 0 Å². The minimum absolute atomic E-state index is 0.691. The third-order valence-electron chi connectivity index (χ3n) is 2.12. The fourth-order valence-electron chi connectivity index (χ4n) is 1.08. The van der Waals surface area contributed by atoms with Crippen LogP contribution in [0.25, 0.3) is 0 Å². The molecule has 0 aliphatic carbocycles. The van der Waals surface area contributed by atoms with Crippen molar-refractivity contribution in [3.8, 4) is 18.1 Å². The maximum absolute atomic E-state index is 10.6. The van der Waals surface area contributed by atoms with E-state index in [1.54, 1.807) is 38.3 Å². The number of ether oxygens (including phenoxy) is 1. The van der Waals surface area contributed by atoms with E-state index in [9.17, 15) is 4.91 Å². The van der Waals surface area contributed by atoms with Crippen LogP contribution in [0.1, 0.15) is 12.5 Å². The van der Waals surface area contributed by atoms with Gasteiger partial charge < -0.3 is 4.74 Å². The largest absolute Gasteiger partial charge is 0.497 e. The smallest absolute Gasteiger partial charge is 0.184 e. The first kappa shape index (κ1) is 10.3. The van der Waals surface area contributed by atoms with Gasteiger partial charge in [-0.25, -0.2) is 0 Å². The highest BCUT2D eigenvalue weighted by Crippen LogP contribution is 2.25. The van der Waals surface area contributed by atoms with Gasteiger partial charge in [0, 0.05) is 0 Å². The molecule has 1 unspecified atom stereocenters. The molecule has 0 radical (unpaired) electrons. The Morgan fingerprint density at radius 1 is 1.43 bits per heavy atom. The van der Waals surface area contributed by atoms with Gasteiger partial charge in [-0.3, -0.25) is 0 Å². The van der Waals surface area contributed by atoms with Crippen molar-refractivity contribution in [1.82, 2.24) is 0 Å².